The maximum atomic E-state index is 12.2. The second-order valence-electron chi connectivity index (χ2n) is 6.01. The summed E-state index contributed by atoms with van der Waals surface area (Å²) in [6.45, 7) is 14.2. The Kier molecular flexibility index (Phi) is 6.47. The summed E-state index contributed by atoms with van der Waals surface area (Å²) in [6.07, 6.45) is 2.14. The minimum Gasteiger partial charge on any atom is -0.444 e. The molecule has 0 aliphatic carbocycles. The van der Waals surface area contributed by atoms with Crippen LogP contribution in [0.2, 0.25) is 0 Å². The number of hydrogen-bond acceptors (Lipinski definition) is 4. The van der Waals surface area contributed by atoms with Gasteiger partial charge in [-0.15, -0.1) is 0 Å². The molecule has 0 fully saturated rings. The first-order chi connectivity index (χ1) is 11.2. The van der Waals surface area contributed by atoms with Crippen molar-refractivity contribution >= 4 is 23.5 Å². The Balaban J connectivity index is 2.95. The lowest BCUT2D eigenvalue weighted by Gasteiger charge is -2.20. The predicted molar refractivity (Wildman–Crippen MR) is 96.3 cm³/mol. The number of amides is 2. The molecule has 6 nitrogen and oxygen atoms in total. The third-order valence-corrected chi connectivity index (χ3v) is 2.80. The fourth-order valence-electron chi connectivity index (χ4n) is 1.73. The van der Waals surface area contributed by atoms with Gasteiger partial charge in [-0.3, -0.25) is 10.1 Å². The molecule has 2 N–H and O–H groups in total. The molecule has 24 heavy (non-hydrogen) atoms. The molecule has 6 heteroatoms. The van der Waals surface area contributed by atoms with Gasteiger partial charge in [0.25, 0.3) is 5.91 Å². The highest BCUT2D eigenvalue weighted by molar-refractivity contribution is 6.10. The molecule has 0 bridgehead atoms. The molecule has 0 aliphatic heterocycles. The first-order valence-electron chi connectivity index (χ1n) is 7.39. The first-order valence-corrected chi connectivity index (χ1v) is 7.39. The van der Waals surface area contributed by atoms with Crippen molar-refractivity contribution in [2.24, 2.45) is 4.99 Å². The number of aliphatic imine (C=N–C) groups is 1. The number of benzene rings is 1. The lowest BCUT2D eigenvalue weighted by atomic mass is 10.1. The highest BCUT2D eigenvalue weighted by Gasteiger charge is 2.17. The Hall–Kier alpha value is -2.89. The van der Waals surface area contributed by atoms with Gasteiger partial charge in [0.15, 0.2) is 0 Å². The van der Waals surface area contributed by atoms with E-state index in [-0.39, 0.29) is 11.7 Å². The molecule has 0 unspecified atom stereocenters. The van der Waals surface area contributed by atoms with Crippen LogP contribution < -0.4 is 10.6 Å². The van der Waals surface area contributed by atoms with Gasteiger partial charge >= 0.3 is 6.09 Å². The van der Waals surface area contributed by atoms with Crippen LogP contribution in [0.3, 0.4) is 0 Å². The average Bonchev–Trinajstić information content (AvgIpc) is 2.46. The van der Waals surface area contributed by atoms with E-state index in [2.05, 4.69) is 28.8 Å². The number of carbonyl (C=O) groups is 2. The molecule has 0 atom stereocenters. The first kappa shape index (κ1) is 19.2. The van der Waals surface area contributed by atoms with Crippen molar-refractivity contribution in [3.63, 3.8) is 0 Å². The monoisotopic (exact) mass is 329 g/mol. The molecule has 0 aliphatic rings. The topological polar surface area (TPSA) is 79.8 Å². The Bertz CT molecular complexity index is 685. The highest BCUT2D eigenvalue weighted by atomic mass is 16.6. The summed E-state index contributed by atoms with van der Waals surface area (Å²) in [7, 11) is 0. The summed E-state index contributed by atoms with van der Waals surface area (Å²) in [6, 6.07) is 4.96. The van der Waals surface area contributed by atoms with Crippen molar-refractivity contribution in [1.29, 1.82) is 0 Å². The summed E-state index contributed by atoms with van der Waals surface area (Å²) in [5.41, 5.74) is 1.07. The minimum atomic E-state index is -0.604. The highest BCUT2D eigenvalue weighted by Crippen LogP contribution is 2.18. The van der Waals surface area contributed by atoms with Gasteiger partial charge < -0.3 is 10.1 Å². The third kappa shape index (κ3) is 6.08. The summed E-state index contributed by atoms with van der Waals surface area (Å²) in [4.78, 5) is 28.0. The van der Waals surface area contributed by atoms with Crippen LogP contribution in [0, 0.1) is 6.92 Å². The fraction of sp³-hybridized carbons (Fsp3) is 0.278. The van der Waals surface area contributed by atoms with E-state index in [9.17, 15) is 9.59 Å². The van der Waals surface area contributed by atoms with E-state index in [1.54, 1.807) is 39.0 Å². The van der Waals surface area contributed by atoms with Crippen LogP contribution >= 0.6 is 0 Å². The molecule has 0 aromatic heterocycles. The number of nitrogens with one attached hydrogen (secondary N) is 2. The molecule has 0 saturated heterocycles. The van der Waals surface area contributed by atoms with E-state index >= 15 is 0 Å². The van der Waals surface area contributed by atoms with E-state index in [1.807, 2.05) is 6.92 Å². The number of ether oxygens (including phenoxy) is 1. The van der Waals surface area contributed by atoms with Gasteiger partial charge in [-0.05, 0) is 51.5 Å². The standard InChI is InChI=1S/C18H23N3O3/c1-7-15(19-8-2)21-16(22)13-10-9-12(3)14(11-13)20-17(23)24-18(4,5)6/h7-11H,1-2H2,3-6H3,(H,20,23)(H,19,21,22). The van der Waals surface area contributed by atoms with Crippen LogP contribution in [-0.4, -0.2) is 23.4 Å². The van der Waals surface area contributed by atoms with Crippen LogP contribution in [0.1, 0.15) is 36.7 Å². The van der Waals surface area contributed by atoms with E-state index in [0.717, 1.165) is 5.56 Å². The maximum absolute atomic E-state index is 12.2. The lowest BCUT2D eigenvalue weighted by Crippen LogP contribution is -2.29. The summed E-state index contributed by atoms with van der Waals surface area (Å²) < 4.78 is 5.22. The minimum absolute atomic E-state index is 0.289. The van der Waals surface area contributed by atoms with Crippen molar-refractivity contribution in [2.45, 2.75) is 33.3 Å². The normalized spacial score (nSPS) is 11.4. The molecule has 1 rings (SSSR count). The molecule has 2 amide bonds. The van der Waals surface area contributed by atoms with Gasteiger partial charge in [-0.25, -0.2) is 9.79 Å². The molecule has 0 heterocycles. The Morgan fingerprint density at radius 2 is 1.92 bits per heavy atom. The molecule has 0 saturated carbocycles. The number of aryl methyl sites for hydroxylation is 1. The van der Waals surface area contributed by atoms with Crippen molar-refractivity contribution in [3.05, 3.63) is 54.8 Å². The zero-order valence-corrected chi connectivity index (χ0v) is 14.5. The van der Waals surface area contributed by atoms with Crippen LogP contribution in [0.25, 0.3) is 0 Å². The van der Waals surface area contributed by atoms with Gasteiger partial charge in [0.2, 0.25) is 0 Å². The van der Waals surface area contributed by atoms with Gasteiger partial charge in [0.1, 0.15) is 11.4 Å². The van der Waals surface area contributed by atoms with Crippen molar-refractivity contribution in [2.75, 3.05) is 5.32 Å². The lowest BCUT2D eigenvalue weighted by molar-refractivity contribution is 0.0635. The molecular weight excluding hydrogens is 306 g/mol. The molecule has 128 valence electrons. The zero-order valence-electron chi connectivity index (χ0n) is 14.5. The number of anilines is 1. The molecular formula is C18H23N3O3. The maximum Gasteiger partial charge on any atom is 0.412 e. The summed E-state index contributed by atoms with van der Waals surface area (Å²) in [5.74, 6) is -0.0834. The number of rotatable bonds is 4. The summed E-state index contributed by atoms with van der Waals surface area (Å²) >= 11 is 0. The Morgan fingerprint density at radius 3 is 2.46 bits per heavy atom. The van der Waals surface area contributed by atoms with Crippen molar-refractivity contribution in [1.82, 2.24) is 5.32 Å². The fourth-order valence-corrected chi connectivity index (χ4v) is 1.73. The second kappa shape index (κ2) is 8.10. The largest absolute Gasteiger partial charge is 0.444 e. The number of amidine groups is 1. The molecule has 0 spiro atoms. The smallest absolute Gasteiger partial charge is 0.412 e. The van der Waals surface area contributed by atoms with Crippen LogP contribution in [0.15, 0.2) is 48.6 Å². The average molecular weight is 329 g/mol. The van der Waals surface area contributed by atoms with Crippen LogP contribution in [-0.2, 0) is 4.74 Å². The van der Waals surface area contributed by atoms with Crippen molar-refractivity contribution < 1.29 is 14.3 Å². The molecule has 0 radical (unpaired) electrons. The Morgan fingerprint density at radius 1 is 1.25 bits per heavy atom. The van der Waals surface area contributed by atoms with Gasteiger partial charge in [-0.1, -0.05) is 19.2 Å². The SMILES string of the molecule is C=CN=C(C=C)NC(=O)c1ccc(C)c(NC(=O)OC(C)(C)C)c1. The van der Waals surface area contributed by atoms with Crippen LogP contribution in [0.4, 0.5) is 10.5 Å². The number of hydrogen-bond donors (Lipinski definition) is 2. The quantitative estimate of drug-likeness (QED) is 0.651. The predicted octanol–water partition coefficient (Wildman–Crippen LogP) is 3.80. The number of nitrogens with zero attached hydrogens (tertiary/aromatic N) is 1. The molecule has 1 aromatic rings. The van der Waals surface area contributed by atoms with E-state index in [4.69, 9.17) is 4.74 Å². The summed E-state index contributed by atoms with van der Waals surface area (Å²) in [5, 5.41) is 5.25. The van der Waals surface area contributed by atoms with E-state index < -0.39 is 11.7 Å². The Labute approximate surface area is 142 Å². The molecule has 1 aromatic carbocycles. The van der Waals surface area contributed by atoms with Gasteiger partial charge in [-0.2, -0.15) is 0 Å². The zero-order chi connectivity index (χ0) is 18.3. The van der Waals surface area contributed by atoms with E-state index in [1.165, 1.54) is 12.3 Å². The van der Waals surface area contributed by atoms with Crippen LogP contribution in [0.5, 0.6) is 0 Å². The third-order valence-electron chi connectivity index (χ3n) is 2.80. The van der Waals surface area contributed by atoms with Crippen molar-refractivity contribution in [3.8, 4) is 0 Å². The second-order valence-corrected chi connectivity index (χ2v) is 6.01. The van der Waals surface area contributed by atoms with E-state index in [0.29, 0.717) is 11.3 Å². The number of carbonyl (C=O) groups excluding carboxylic acids is 2. The van der Waals surface area contributed by atoms with Gasteiger partial charge in [0.05, 0.1) is 0 Å². The van der Waals surface area contributed by atoms with Gasteiger partial charge in [0, 0.05) is 17.5 Å².